The minimum absolute atomic E-state index is 0.0666. The second kappa shape index (κ2) is 8.16. The van der Waals surface area contributed by atoms with Crippen LogP contribution in [0.4, 0.5) is 17.6 Å². The number of hydrogen-bond acceptors (Lipinski definition) is 4. The fraction of sp³-hybridized carbons (Fsp3) is 0.409. The summed E-state index contributed by atoms with van der Waals surface area (Å²) in [5, 5.41) is 4.12. The van der Waals surface area contributed by atoms with Gasteiger partial charge in [0, 0.05) is 56.0 Å². The molecular weight excluding hydrogens is 426 g/mol. The summed E-state index contributed by atoms with van der Waals surface area (Å²) in [6.45, 7) is 1.92. The Morgan fingerprint density at radius 2 is 1.84 bits per heavy atom. The third-order valence-corrected chi connectivity index (χ3v) is 6.00. The Balaban J connectivity index is 1.30. The van der Waals surface area contributed by atoms with Gasteiger partial charge in [0.05, 0.1) is 0 Å². The van der Waals surface area contributed by atoms with Gasteiger partial charge in [-0.05, 0) is 25.0 Å². The number of halogens is 4. The number of carbonyl (C=O) groups is 1. The molecule has 2 fully saturated rings. The van der Waals surface area contributed by atoms with Crippen molar-refractivity contribution in [3.63, 3.8) is 0 Å². The highest BCUT2D eigenvalue weighted by Gasteiger charge is 2.30. The predicted molar refractivity (Wildman–Crippen MR) is 107 cm³/mol. The molecular formula is C22H21F4N5O. The molecule has 1 amide bonds. The molecule has 0 bridgehead atoms. The van der Waals surface area contributed by atoms with E-state index in [4.69, 9.17) is 0 Å². The number of nitrogens with zero attached hydrogens (tertiary/aromatic N) is 5. The van der Waals surface area contributed by atoms with Crippen LogP contribution in [0.3, 0.4) is 0 Å². The molecule has 3 heterocycles. The van der Waals surface area contributed by atoms with Crippen molar-refractivity contribution < 1.29 is 22.4 Å². The van der Waals surface area contributed by atoms with E-state index >= 15 is 0 Å². The Bertz CT molecular complexity index is 1170. The second-order valence-corrected chi connectivity index (χ2v) is 8.26. The third kappa shape index (κ3) is 3.94. The lowest BCUT2D eigenvalue weighted by Crippen LogP contribution is -2.48. The number of hydrogen-bond donors (Lipinski definition) is 0. The highest BCUT2D eigenvalue weighted by atomic mass is 19.3. The fourth-order valence-electron chi connectivity index (χ4n) is 4.05. The molecule has 5 rings (SSSR count). The molecule has 1 saturated carbocycles. The predicted octanol–water partition coefficient (Wildman–Crippen LogP) is 3.78. The molecule has 0 atom stereocenters. The maximum atomic E-state index is 13.9. The molecule has 168 valence electrons. The maximum absolute atomic E-state index is 13.9. The van der Waals surface area contributed by atoms with E-state index in [9.17, 15) is 22.4 Å². The number of benzene rings is 1. The van der Waals surface area contributed by atoms with Gasteiger partial charge >= 0.3 is 0 Å². The monoisotopic (exact) mass is 447 g/mol. The van der Waals surface area contributed by atoms with E-state index < -0.39 is 18.1 Å². The van der Waals surface area contributed by atoms with Crippen LogP contribution in [-0.2, 0) is 6.54 Å². The summed E-state index contributed by atoms with van der Waals surface area (Å²) in [7, 11) is 0. The van der Waals surface area contributed by atoms with Gasteiger partial charge in [-0.1, -0.05) is 12.1 Å². The van der Waals surface area contributed by atoms with E-state index in [1.54, 1.807) is 4.90 Å². The van der Waals surface area contributed by atoms with E-state index in [0.29, 0.717) is 31.9 Å². The molecule has 6 nitrogen and oxygen atoms in total. The summed E-state index contributed by atoms with van der Waals surface area (Å²) in [4.78, 5) is 20.9. The van der Waals surface area contributed by atoms with Crippen LogP contribution in [0, 0.1) is 11.6 Å². The number of alkyl halides is 2. The Labute approximate surface area is 181 Å². The standard InChI is InChI=1S/C22H21F4N5O/c23-15-3-1-2-14(20(15)24)12-29-6-8-30(9-7-29)22(32)17-11-19-27-16(13-4-5-13)10-18(21(25)26)31(19)28-17/h1-3,10-11,13,21H,4-9,12H2. The Morgan fingerprint density at radius 1 is 1.09 bits per heavy atom. The van der Waals surface area contributed by atoms with Gasteiger partial charge in [-0.3, -0.25) is 9.69 Å². The quantitative estimate of drug-likeness (QED) is 0.559. The van der Waals surface area contributed by atoms with Crippen molar-refractivity contribution in [2.75, 3.05) is 26.2 Å². The molecule has 2 aromatic heterocycles. The Kier molecular flexibility index (Phi) is 5.32. The molecule has 1 aromatic carbocycles. The maximum Gasteiger partial charge on any atom is 0.280 e. The molecule has 1 aliphatic carbocycles. The lowest BCUT2D eigenvalue weighted by Gasteiger charge is -2.34. The third-order valence-electron chi connectivity index (χ3n) is 6.00. The van der Waals surface area contributed by atoms with Gasteiger partial charge < -0.3 is 4.90 Å². The van der Waals surface area contributed by atoms with E-state index in [2.05, 4.69) is 10.1 Å². The molecule has 3 aromatic rings. The van der Waals surface area contributed by atoms with Crippen LogP contribution in [-0.4, -0.2) is 56.5 Å². The highest BCUT2D eigenvalue weighted by Crippen LogP contribution is 2.40. The Hall–Kier alpha value is -3.01. The van der Waals surface area contributed by atoms with Crippen LogP contribution in [0.15, 0.2) is 30.3 Å². The van der Waals surface area contributed by atoms with Gasteiger partial charge in [-0.2, -0.15) is 5.10 Å². The van der Waals surface area contributed by atoms with Crippen LogP contribution >= 0.6 is 0 Å². The Morgan fingerprint density at radius 3 is 2.53 bits per heavy atom. The minimum atomic E-state index is -2.73. The van der Waals surface area contributed by atoms with E-state index in [0.717, 1.165) is 23.4 Å². The normalized spacial score (nSPS) is 17.5. The van der Waals surface area contributed by atoms with Crippen molar-refractivity contribution in [3.05, 3.63) is 64.6 Å². The van der Waals surface area contributed by atoms with Crippen molar-refractivity contribution in [3.8, 4) is 0 Å². The number of amides is 1. The summed E-state index contributed by atoms with van der Waals surface area (Å²) in [5.74, 6) is -1.91. The second-order valence-electron chi connectivity index (χ2n) is 8.26. The average molecular weight is 447 g/mol. The first-order chi connectivity index (χ1) is 15.4. The van der Waals surface area contributed by atoms with Crippen molar-refractivity contribution in [2.45, 2.75) is 31.7 Å². The first kappa shape index (κ1) is 20.9. The largest absolute Gasteiger partial charge is 0.335 e. The smallest absolute Gasteiger partial charge is 0.280 e. The number of fused-ring (bicyclic) bond motifs is 1. The molecule has 1 saturated heterocycles. The van der Waals surface area contributed by atoms with Crippen LogP contribution in [0.1, 0.15) is 52.6 Å². The summed E-state index contributed by atoms with van der Waals surface area (Å²) >= 11 is 0. The first-order valence-electron chi connectivity index (χ1n) is 10.5. The topological polar surface area (TPSA) is 53.7 Å². The van der Waals surface area contributed by atoms with Gasteiger partial charge in [-0.25, -0.2) is 27.1 Å². The van der Waals surface area contributed by atoms with E-state index in [1.807, 2.05) is 4.90 Å². The molecule has 10 heteroatoms. The molecule has 0 spiro atoms. The van der Waals surface area contributed by atoms with Gasteiger partial charge in [0.15, 0.2) is 23.0 Å². The SMILES string of the molecule is O=C(c1cc2nc(C3CC3)cc(C(F)F)n2n1)N1CCN(Cc2cccc(F)c2F)CC1. The zero-order valence-corrected chi connectivity index (χ0v) is 17.1. The number of piperazine rings is 1. The first-order valence-corrected chi connectivity index (χ1v) is 10.5. The number of carbonyl (C=O) groups excluding carboxylic acids is 1. The molecule has 0 N–H and O–H groups in total. The molecule has 2 aliphatic rings. The zero-order chi connectivity index (χ0) is 22.4. The van der Waals surface area contributed by atoms with Gasteiger partial charge in [0.2, 0.25) is 0 Å². The minimum Gasteiger partial charge on any atom is -0.335 e. The van der Waals surface area contributed by atoms with Crippen LogP contribution in [0.5, 0.6) is 0 Å². The number of aromatic nitrogens is 3. The number of rotatable bonds is 5. The van der Waals surface area contributed by atoms with Crippen molar-refractivity contribution in [1.29, 1.82) is 0 Å². The summed E-state index contributed by atoms with van der Waals surface area (Å²) < 4.78 is 55.5. The van der Waals surface area contributed by atoms with Crippen molar-refractivity contribution >= 4 is 11.6 Å². The lowest BCUT2D eigenvalue weighted by atomic mass is 10.1. The van der Waals surface area contributed by atoms with Crippen LogP contribution in [0.2, 0.25) is 0 Å². The van der Waals surface area contributed by atoms with Crippen LogP contribution < -0.4 is 0 Å². The van der Waals surface area contributed by atoms with Crippen molar-refractivity contribution in [1.82, 2.24) is 24.4 Å². The van der Waals surface area contributed by atoms with Gasteiger partial charge in [-0.15, -0.1) is 0 Å². The van der Waals surface area contributed by atoms with Crippen molar-refractivity contribution in [2.24, 2.45) is 0 Å². The van der Waals surface area contributed by atoms with Gasteiger partial charge in [0.1, 0.15) is 5.69 Å². The molecule has 0 unspecified atom stereocenters. The van der Waals surface area contributed by atoms with Crippen LogP contribution in [0.25, 0.3) is 5.65 Å². The van der Waals surface area contributed by atoms with E-state index in [-0.39, 0.29) is 41.0 Å². The summed E-state index contributed by atoms with van der Waals surface area (Å²) in [5.41, 5.74) is 0.926. The fourth-order valence-corrected chi connectivity index (χ4v) is 4.05. The molecule has 1 aliphatic heterocycles. The van der Waals surface area contributed by atoms with E-state index in [1.165, 1.54) is 24.3 Å². The molecule has 0 radical (unpaired) electrons. The molecule has 32 heavy (non-hydrogen) atoms. The zero-order valence-electron chi connectivity index (χ0n) is 17.1. The lowest BCUT2D eigenvalue weighted by molar-refractivity contribution is 0.0620. The summed E-state index contributed by atoms with van der Waals surface area (Å²) in [6, 6.07) is 6.91. The highest BCUT2D eigenvalue weighted by molar-refractivity contribution is 5.93. The average Bonchev–Trinajstić information content (AvgIpc) is 3.55. The summed E-state index contributed by atoms with van der Waals surface area (Å²) in [6.07, 6.45) is -0.877. The van der Waals surface area contributed by atoms with Gasteiger partial charge in [0.25, 0.3) is 12.3 Å².